The highest BCUT2D eigenvalue weighted by Gasteiger charge is 2.24. The van der Waals surface area contributed by atoms with E-state index in [2.05, 4.69) is 67.9 Å². The van der Waals surface area contributed by atoms with Gasteiger partial charge in [-0.15, -0.1) is 0 Å². The van der Waals surface area contributed by atoms with Crippen molar-refractivity contribution in [1.29, 1.82) is 0 Å². The Morgan fingerprint density at radius 2 is 2.00 bits per heavy atom. The average Bonchev–Trinajstić information content (AvgIpc) is 3.09. The van der Waals surface area contributed by atoms with Crippen molar-refractivity contribution >= 4 is 5.90 Å². The monoisotopic (exact) mass is 282 g/mol. The van der Waals surface area contributed by atoms with Crippen molar-refractivity contribution < 1.29 is 4.74 Å². The third-order valence-electron chi connectivity index (χ3n) is 3.97. The maximum atomic E-state index is 5.80. The van der Waals surface area contributed by atoms with Gasteiger partial charge in [0, 0.05) is 12.7 Å². The molecule has 0 amide bonds. The van der Waals surface area contributed by atoms with Crippen molar-refractivity contribution in [2.24, 2.45) is 10.9 Å². The molecule has 1 aliphatic rings. The molecule has 3 nitrogen and oxygen atoms in total. The zero-order chi connectivity index (χ0) is 14.8. The number of aliphatic imine (C=N–C) groups is 1. The lowest BCUT2D eigenvalue weighted by Crippen LogP contribution is -2.13. The molecule has 3 heteroatoms. The Balaban J connectivity index is 1.81. The van der Waals surface area contributed by atoms with Crippen molar-refractivity contribution in [2.45, 2.75) is 33.4 Å². The van der Waals surface area contributed by atoms with Gasteiger partial charge >= 0.3 is 0 Å². The summed E-state index contributed by atoms with van der Waals surface area (Å²) in [4.78, 5) is 4.72. The third kappa shape index (κ3) is 3.02. The fraction of sp³-hybridized carbons (Fsp3) is 0.389. The number of hydrogen-bond acceptors (Lipinski definition) is 2. The van der Waals surface area contributed by atoms with Gasteiger partial charge in [-0.05, 0) is 30.5 Å². The fourth-order valence-electron chi connectivity index (χ4n) is 2.51. The molecular formula is C18H22N2O. The minimum absolute atomic E-state index is 0.280. The first kappa shape index (κ1) is 13.9. The van der Waals surface area contributed by atoms with Crippen molar-refractivity contribution in [2.75, 3.05) is 6.61 Å². The van der Waals surface area contributed by atoms with Crippen LogP contribution in [0.3, 0.4) is 0 Å². The highest BCUT2D eigenvalue weighted by Crippen LogP contribution is 2.19. The lowest BCUT2D eigenvalue weighted by atomic mass is 10.1. The van der Waals surface area contributed by atoms with Crippen LogP contribution >= 0.6 is 0 Å². The first-order valence-corrected chi connectivity index (χ1v) is 7.55. The fourth-order valence-corrected chi connectivity index (χ4v) is 2.51. The first-order valence-electron chi connectivity index (χ1n) is 7.55. The number of nitrogens with zero attached hydrogens (tertiary/aromatic N) is 2. The molecule has 2 aromatic rings. The Hall–Kier alpha value is -2.03. The lowest BCUT2D eigenvalue weighted by molar-refractivity contribution is 0.290. The molecule has 110 valence electrons. The van der Waals surface area contributed by atoms with Crippen LogP contribution in [0.25, 0.3) is 0 Å². The number of rotatable bonds is 4. The van der Waals surface area contributed by atoms with Crippen molar-refractivity contribution in [3.05, 3.63) is 59.4 Å². The molecule has 3 rings (SSSR count). The smallest absolute Gasteiger partial charge is 0.233 e. The van der Waals surface area contributed by atoms with E-state index in [0.29, 0.717) is 12.5 Å². The second-order valence-electron chi connectivity index (χ2n) is 6.06. The Labute approximate surface area is 126 Å². The van der Waals surface area contributed by atoms with Gasteiger partial charge in [-0.2, -0.15) is 0 Å². The molecule has 0 aliphatic carbocycles. The molecule has 0 saturated heterocycles. The van der Waals surface area contributed by atoms with E-state index in [4.69, 9.17) is 9.73 Å². The summed E-state index contributed by atoms with van der Waals surface area (Å²) in [6.07, 6.45) is 2.09. The number of aryl methyl sites for hydroxylation is 1. The highest BCUT2D eigenvalue weighted by molar-refractivity contribution is 5.93. The second-order valence-corrected chi connectivity index (χ2v) is 6.06. The number of hydrogen-bond donors (Lipinski definition) is 0. The summed E-state index contributed by atoms with van der Waals surface area (Å²) in [5, 5.41) is 0. The standard InChI is InChI=1S/C18H22N2O/c1-13(2)16-12-21-18(19-16)17-5-4-10-20(17)11-15-8-6-14(3)7-9-15/h4-10,13,16H,11-12H2,1-3H3. The van der Waals surface area contributed by atoms with Crippen LogP contribution in [0, 0.1) is 12.8 Å². The number of ether oxygens (including phenoxy) is 1. The van der Waals surface area contributed by atoms with Crippen LogP contribution in [0.4, 0.5) is 0 Å². The lowest BCUT2D eigenvalue weighted by Gasteiger charge is -2.09. The topological polar surface area (TPSA) is 26.5 Å². The molecule has 2 heterocycles. The van der Waals surface area contributed by atoms with Crippen LogP contribution in [0.15, 0.2) is 47.6 Å². The van der Waals surface area contributed by atoms with Crippen LogP contribution in [-0.2, 0) is 11.3 Å². The maximum Gasteiger partial charge on any atom is 0.233 e. The minimum Gasteiger partial charge on any atom is -0.474 e. The Bertz CT molecular complexity index is 637. The van der Waals surface area contributed by atoms with Gasteiger partial charge in [0.1, 0.15) is 12.3 Å². The first-order chi connectivity index (χ1) is 10.1. The van der Waals surface area contributed by atoms with E-state index < -0.39 is 0 Å². The van der Waals surface area contributed by atoms with E-state index in [-0.39, 0.29) is 6.04 Å². The maximum absolute atomic E-state index is 5.80. The summed E-state index contributed by atoms with van der Waals surface area (Å²) in [5.41, 5.74) is 3.64. The molecule has 1 unspecified atom stereocenters. The minimum atomic E-state index is 0.280. The quantitative estimate of drug-likeness (QED) is 0.841. The van der Waals surface area contributed by atoms with Crippen LogP contribution in [0.1, 0.15) is 30.7 Å². The Kier molecular flexibility index (Phi) is 3.82. The molecule has 21 heavy (non-hydrogen) atoms. The highest BCUT2D eigenvalue weighted by atomic mass is 16.5. The van der Waals surface area contributed by atoms with Crippen LogP contribution in [-0.4, -0.2) is 23.1 Å². The predicted molar refractivity (Wildman–Crippen MR) is 85.8 cm³/mol. The normalized spacial score (nSPS) is 17.9. The molecular weight excluding hydrogens is 260 g/mol. The van der Waals surface area contributed by atoms with E-state index in [1.165, 1.54) is 11.1 Å². The van der Waals surface area contributed by atoms with Crippen molar-refractivity contribution in [3.63, 3.8) is 0 Å². The van der Waals surface area contributed by atoms with E-state index in [9.17, 15) is 0 Å². The van der Waals surface area contributed by atoms with Crippen molar-refractivity contribution in [1.82, 2.24) is 4.57 Å². The van der Waals surface area contributed by atoms with E-state index in [0.717, 1.165) is 18.1 Å². The zero-order valence-corrected chi connectivity index (χ0v) is 12.9. The Morgan fingerprint density at radius 3 is 2.67 bits per heavy atom. The molecule has 1 aromatic carbocycles. The molecule has 0 N–H and O–H groups in total. The van der Waals surface area contributed by atoms with Gasteiger partial charge in [-0.3, -0.25) is 0 Å². The SMILES string of the molecule is Cc1ccc(Cn2cccc2C2=NC(C(C)C)CO2)cc1. The molecule has 0 saturated carbocycles. The zero-order valence-electron chi connectivity index (χ0n) is 12.9. The molecule has 1 aromatic heterocycles. The molecule has 0 spiro atoms. The van der Waals surface area contributed by atoms with Gasteiger partial charge < -0.3 is 9.30 Å². The van der Waals surface area contributed by atoms with Gasteiger partial charge in [0.15, 0.2) is 0 Å². The molecule has 0 bridgehead atoms. The number of benzene rings is 1. The summed E-state index contributed by atoms with van der Waals surface area (Å²) in [6.45, 7) is 8.02. The van der Waals surface area contributed by atoms with E-state index in [1.807, 2.05) is 0 Å². The van der Waals surface area contributed by atoms with Gasteiger partial charge in [-0.25, -0.2) is 4.99 Å². The summed E-state index contributed by atoms with van der Waals surface area (Å²) >= 11 is 0. The molecule has 1 atom stereocenters. The third-order valence-corrected chi connectivity index (χ3v) is 3.97. The molecule has 0 radical (unpaired) electrons. The van der Waals surface area contributed by atoms with Crippen LogP contribution < -0.4 is 0 Å². The number of aromatic nitrogens is 1. The van der Waals surface area contributed by atoms with Crippen LogP contribution in [0.2, 0.25) is 0 Å². The summed E-state index contributed by atoms with van der Waals surface area (Å²) < 4.78 is 8.00. The Morgan fingerprint density at radius 1 is 1.24 bits per heavy atom. The van der Waals surface area contributed by atoms with Crippen LogP contribution in [0.5, 0.6) is 0 Å². The van der Waals surface area contributed by atoms with Gasteiger partial charge in [-0.1, -0.05) is 43.7 Å². The summed E-state index contributed by atoms with van der Waals surface area (Å²) in [6, 6.07) is 13.1. The second kappa shape index (κ2) is 5.76. The van der Waals surface area contributed by atoms with E-state index in [1.54, 1.807) is 0 Å². The molecule has 0 fully saturated rings. The van der Waals surface area contributed by atoms with Gasteiger partial charge in [0.2, 0.25) is 5.90 Å². The van der Waals surface area contributed by atoms with Crippen molar-refractivity contribution in [3.8, 4) is 0 Å². The largest absolute Gasteiger partial charge is 0.474 e. The van der Waals surface area contributed by atoms with Gasteiger partial charge in [0.05, 0.1) is 6.04 Å². The summed E-state index contributed by atoms with van der Waals surface area (Å²) in [5.74, 6) is 1.30. The average molecular weight is 282 g/mol. The van der Waals surface area contributed by atoms with Gasteiger partial charge in [0.25, 0.3) is 0 Å². The summed E-state index contributed by atoms with van der Waals surface area (Å²) in [7, 11) is 0. The predicted octanol–water partition coefficient (Wildman–Crippen LogP) is 3.65. The molecule has 1 aliphatic heterocycles. The van der Waals surface area contributed by atoms with E-state index >= 15 is 0 Å².